The lowest BCUT2D eigenvalue weighted by Crippen LogP contribution is -2.06. The molecule has 1 aromatic heterocycles. The van der Waals surface area contributed by atoms with Crippen LogP contribution < -0.4 is 0 Å². The molecule has 1 aliphatic rings. The number of aliphatic hydroxyl groups is 1. The minimum Gasteiger partial charge on any atom is -0.388 e. The Kier molecular flexibility index (Phi) is 3.99. The molecule has 1 saturated carbocycles. The van der Waals surface area contributed by atoms with Gasteiger partial charge >= 0.3 is 0 Å². The maximum Gasteiger partial charge on any atom is 0.0823 e. The lowest BCUT2D eigenvalue weighted by molar-refractivity contribution is 0.139. The molecule has 1 fully saturated rings. The minimum absolute atomic E-state index is 0.322. The average molecular weight is 222 g/mol. The molecular weight excluding hydrogens is 200 g/mol. The Labute approximate surface area is 97.5 Å². The number of aryl methyl sites for hydroxylation is 1. The number of nitrogens with zero attached hydrogens (tertiary/aromatic N) is 2. The fourth-order valence-corrected chi connectivity index (χ4v) is 2.66. The third-order valence-electron chi connectivity index (χ3n) is 3.64. The fraction of sp³-hybridized carbons (Fsp3) is 0.769. The van der Waals surface area contributed by atoms with Crippen molar-refractivity contribution in [2.75, 3.05) is 0 Å². The monoisotopic (exact) mass is 222 g/mol. The number of rotatable bonds is 3. The number of hydrogen-bond acceptors (Lipinski definition) is 2. The van der Waals surface area contributed by atoms with Crippen molar-refractivity contribution in [2.45, 2.75) is 51.0 Å². The van der Waals surface area contributed by atoms with Crippen molar-refractivity contribution in [2.24, 2.45) is 13.0 Å². The van der Waals surface area contributed by atoms with Crippen molar-refractivity contribution in [3.8, 4) is 0 Å². The smallest absolute Gasteiger partial charge is 0.0823 e. The lowest BCUT2D eigenvalue weighted by atomic mass is 9.92. The molecule has 1 heterocycles. The van der Waals surface area contributed by atoms with Gasteiger partial charge in [-0.05, 0) is 12.3 Å². The van der Waals surface area contributed by atoms with Crippen molar-refractivity contribution in [3.05, 3.63) is 18.0 Å². The zero-order valence-corrected chi connectivity index (χ0v) is 10.1. The molecule has 1 atom stereocenters. The third-order valence-corrected chi connectivity index (χ3v) is 3.64. The summed E-state index contributed by atoms with van der Waals surface area (Å²) in [5, 5.41) is 14.2. The Morgan fingerprint density at radius 1 is 1.38 bits per heavy atom. The molecule has 90 valence electrons. The molecule has 0 bridgehead atoms. The first kappa shape index (κ1) is 11.6. The largest absolute Gasteiger partial charge is 0.388 e. The summed E-state index contributed by atoms with van der Waals surface area (Å²) in [4.78, 5) is 0. The van der Waals surface area contributed by atoms with Gasteiger partial charge in [-0.15, -0.1) is 0 Å². The van der Waals surface area contributed by atoms with Crippen molar-refractivity contribution in [1.82, 2.24) is 9.78 Å². The summed E-state index contributed by atoms with van der Waals surface area (Å²) in [6, 6.07) is 0. The average Bonchev–Trinajstić information content (AvgIpc) is 2.54. The summed E-state index contributed by atoms with van der Waals surface area (Å²) in [6.45, 7) is 0. The van der Waals surface area contributed by atoms with Gasteiger partial charge in [0, 0.05) is 18.8 Å². The maximum absolute atomic E-state index is 10.1. The van der Waals surface area contributed by atoms with Gasteiger partial charge in [0.25, 0.3) is 0 Å². The summed E-state index contributed by atoms with van der Waals surface area (Å²) in [5.74, 6) is 0.706. The molecule has 1 unspecified atom stereocenters. The van der Waals surface area contributed by atoms with Gasteiger partial charge in [-0.25, -0.2) is 0 Å². The standard InChI is InChI=1S/C13H22N2O/c1-15-10-12(9-14-15)13(16)8-11-6-4-2-3-5-7-11/h9-11,13,16H,2-8H2,1H3. The van der Waals surface area contributed by atoms with E-state index in [2.05, 4.69) is 5.10 Å². The van der Waals surface area contributed by atoms with Crippen molar-refractivity contribution in [1.29, 1.82) is 0 Å². The Balaban J connectivity index is 1.88. The molecule has 16 heavy (non-hydrogen) atoms. The van der Waals surface area contributed by atoms with Gasteiger partial charge < -0.3 is 5.11 Å². The second-order valence-electron chi connectivity index (χ2n) is 5.06. The SMILES string of the molecule is Cn1cc(C(O)CC2CCCCCC2)cn1. The normalized spacial score (nSPS) is 20.6. The molecule has 3 heteroatoms. The van der Waals surface area contributed by atoms with Crippen LogP contribution in [0.1, 0.15) is 56.6 Å². The van der Waals surface area contributed by atoms with E-state index in [4.69, 9.17) is 0 Å². The summed E-state index contributed by atoms with van der Waals surface area (Å²) in [5.41, 5.74) is 0.965. The van der Waals surface area contributed by atoms with Crippen LogP contribution in [0.2, 0.25) is 0 Å². The van der Waals surface area contributed by atoms with Crippen LogP contribution in [-0.4, -0.2) is 14.9 Å². The highest BCUT2D eigenvalue weighted by Gasteiger charge is 2.18. The van der Waals surface area contributed by atoms with E-state index in [9.17, 15) is 5.11 Å². The van der Waals surface area contributed by atoms with Crippen LogP contribution in [0, 0.1) is 5.92 Å². The predicted molar refractivity (Wildman–Crippen MR) is 64.0 cm³/mol. The highest BCUT2D eigenvalue weighted by atomic mass is 16.3. The molecular formula is C13H22N2O. The van der Waals surface area contributed by atoms with E-state index in [-0.39, 0.29) is 6.10 Å². The van der Waals surface area contributed by atoms with E-state index in [1.165, 1.54) is 38.5 Å². The van der Waals surface area contributed by atoms with E-state index < -0.39 is 0 Å². The second kappa shape index (κ2) is 5.48. The van der Waals surface area contributed by atoms with Gasteiger partial charge in [0.1, 0.15) is 0 Å². The molecule has 0 aromatic carbocycles. The first-order valence-electron chi connectivity index (χ1n) is 6.42. The highest BCUT2D eigenvalue weighted by Crippen LogP contribution is 2.30. The number of hydrogen-bond donors (Lipinski definition) is 1. The summed E-state index contributed by atoms with van der Waals surface area (Å²) in [7, 11) is 1.89. The maximum atomic E-state index is 10.1. The Bertz CT molecular complexity index is 313. The zero-order valence-electron chi connectivity index (χ0n) is 10.1. The van der Waals surface area contributed by atoms with E-state index in [0.29, 0.717) is 5.92 Å². The first-order chi connectivity index (χ1) is 7.75. The minimum atomic E-state index is -0.322. The summed E-state index contributed by atoms with van der Waals surface area (Å²) < 4.78 is 1.76. The molecule has 1 N–H and O–H groups in total. The van der Waals surface area contributed by atoms with Crippen LogP contribution in [-0.2, 0) is 7.05 Å². The molecule has 0 radical (unpaired) electrons. The van der Waals surface area contributed by atoms with E-state index in [0.717, 1.165) is 12.0 Å². The third kappa shape index (κ3) is 3.08. The zero-order chi connectivity index (χ0) is 11.4. The molecule has 3 nitrogen and oxygen atoms in total. The van der Waals surface area contributed by atoms with E-state index in [1.54, 1.807) is 10.9 Å². The van der Waals surface area contributed by atoms with E-state index >= 15 is 0 Å². The highest BCUT2D eigenvalue weighted by molar-refractivity contribution is 5.07. The Hall–Kier alpha value is -0.830. The van der Waals surface area contributed by atoms with Crippen LogP contribution in [0.4, 0.5) is 0 Å². The van der Waals surface area contributed by atoms with Crippen molar-refractivity contribution in [3.63, 3.8) is 0 Å². The molecule has 1 aliphatic carbocycles. The van der Waals surface area contributed by atoms with Crippen LogP contribution in [0.25, 0.3) is 0 Å². The Morgan fingerprint density at radius 2 is 2.06 bits per heavy atom. The molecule has 1 aromatic rings. The van der Waals surface area contributed by atoms with Gasteiger partial charge in [-0.2, -0.15) is 5.10 Å². The van der Waals surface area contributed by atoms with Gasteiger partial charge in [0.2, 0.25) is 0 Å². The number of aromatic nitrogens is 2. The lowest BCUT2D eigenvalue weighted by Gasteiger charge is -2.17. The quantitative estimate of drug-likeness (QED) is 0.799. The van der Waals surface area contributed by atoms with Crippen LogP contribution in [0.15, 0.2) is 12.4 Å². The summed E-state index contributed by atoms with van der Waals surface area (Å²) >= 11 is 0. The molecule has 0 aliphatic heterocycles. The molecule has 0 spiro atoms. The summed E-state index contributed by atoms with van der Waals surface area (Å²) in [6.07, 6.45) is 12.3. The van der Waals surface area contributed by atoms with Gasteiger partial charge in [-0.1, -0.05) is 38.5 Å². The van der Waals surface area contributed by atoms with Crippen molar-refractivity contribution < 1.29 is 5.11 Å². The van der Waals surface area contributed by atoms with E-state index in [1.807, 2.05) is 13.2 Å². The fourth-order valence-electron chi connectivity index (χ4n) is 2.66. The first-order valence-corrected chi connectivity index (χ1v) is 6.42. The van der Waals surface area contributed by atoms with Crippen LogP contribution in [0.3, 0.4) is 0 Å². The molecule has 0 saturated heterocycles. The predicted octanol–water partition coefficient (Wildman–Crippen LogP) is 2.81. The Morgan fingerprint density at radius 3 is 2.62 bits per heavy atom. The van der Waals surface area contributed by atoms with Crippen LogP contribution in [0.5, 0.6) is 0 Å². The van der Waals surface area contributed by atoms with Crippen molar-refractivity contribution >= 4 is 0 Å². The van der Waals surface area contributed by atoms with Gasteiger partial charge in [0.05, 0.1) is 12.3 Å². The number of aliphatic hydroxyl groups excluding tert-OH is 1. The molecule has 2 rings (SSSR count). The van der Waals surface area contributed by atoms with Gasteiger partial charge in [-0.3, -0.25) is 4.68 Å². The van der Waals surface area contributed by atoms with Crippen LogP contribution >= 0.6 is 0 Å². The molecule has 0 amide bonds. The topological polar surface area (TPSA) is 38.0 Å². The second-order valence-corrected chi connectivity index (χ2v) is 5.06. The van der Waals surface area contributed by atoms with Gasteiger partial charge in [0.15, 0.2) is 0 Å².